The molecule has 7 heteroatoms. The van der Waals surface area contributed by atoms with E-state index in [4.69, 9.17) is 8.74 Å². The summed E-state index contributed by atoms with van der Waals surface area (Å²) in [6.45, 7) is 8.79. The Hall–Kier alpha value is -0.210. The minimum Gasteiger partial charge on any atom is -0.313 e. The van der Waals surface area contributed by atoms with E-state index in [1.165, 1.54) is 5.06 Å². The second kappa shape index (κ2) is 3.89. The molecule has 1 aliphatic heterocycles. The van der Waals surface area contributed by atoms with Gasteiger partial charge in [0, 0.05) is 11.1 Å². The van der Waals surface area contributed by atoms with Gasteiger partial charge in [-0.1, -0.05) is 0 Å². The van der Waals surface area contributed by atoms with E-state index in [0.29, 0.717) is 12.8 Å². The number of piperidine rings is 1. The average Bonchev–Trinajstić information content (AvgIpc) is 1.92. The molecule has 17 heavy (non-hydrogen) atoms. The van der Waals surface area contributed by atoms with Gasteiger partial charge in [-0.15, -0.1) is 0 Å². The van der Waals surface area contributed by atoms with Crippen molar-refractivity contribution < 1.29 is 22.4 Å². The third-order valence-corrected chi connectivity index (χ3v) is 3.68. The van der Waals surface area contributed by atoms with Crippen LogP contribution in [0.3, 0.4) is 0 Å². The lowest BCUT2D eigenvalue weighted by molar-refractivity contribution is -0.268. The van der Waals surface area contributed by atoms with E-state index in [-0.39, 0.29) is 0 Å². The fraction of sp³-hybridized carbons (Fsp3) is 1.00. The molecule has 1 fully saturated rings. The molecule has 1 aliphatic rings. The van der Waals surface area contributed by atoms with Gasteiger partial charge >= 0.3 is 10.4 Å². The number of hydrogen-bond donors (Lipinski definition) is 2. The summed E-state index contributed by atoms with van der Waals surface area (Å²) in [5, 5.41) is 11.3. The molecule has 1 saturated heterocycles. The molecule has 6 nitrogen and oxygen atoms in total. The molecule has 1 rings (SSSR count). The predicted octanol–water partition coefficient (Wildman–Crippen LogP) is 1.61. The Morgan fingerprint density at radius 2 is 1.41 bits per heavy atom. The predicted molar refractivity (Wildman–Crippen MR) is 62.1 cm³/mol. The lowest BCUT2D eigenvalue weighted by atomic mass is 9.73. The Morgan fingerprint density at radius 3 is 1.71 bits per heavy atom. The van der Waals surface area contributed by atoms with E-state index in [2.05, 4.69) is 0 Å². The molecule has 0 atom stereocenters. The van der Waals surface area contributed by atoms with Crippen molar-refractivity contribution in [3.63, 3.8) is 0 Å². The molecule has 102 valence electrons. The van der Waals surface area contributed by atoms with Gasteiger partial charge < -0.3 is 5.21 Å². The normalized spacial score (nSPS) is 27.9. The molecule has 0 unspecified atom stereocenters. The molecule has 0 spiro atoms. The first kappa shape index (κ1) is 14.8. The van der Waals surface area contributed by atoms with Crippen molar-refractivity contribution in [2.45, 2.75) is 64.1 Å². The summed E-state index contributed by atoms with van der Waals surface area (Å²) in [5.74, 6) is 0. The van der Waals surface area contributed by atoms with Crippen molar-refractivity contribution in [1.82, 2.24) is 5.06 Å². The van der Waals surface area contributed by atoms with Gasteiger partial charge in [-0.3, -0.25) is 4.55 Å². The van der Waals surface area contributed by atoms with Gasteiger partial charge in [0.15, 0.2) is 0 Å². The lowest BCUT2D eigenvalue weighted by Crippen LogP contribution is -2.64. The monoisotopic (exact) mass is 267 g/mol. The lowest BCUT2D eigenvalue weighted by Gasteiger charge is -2.54. The van der Waals surface area contributed by atoms with E-state index in [1.54, 1.807) is 34.6 Å². The van der Waals surface area contributed by atoms with Gasteiger partial charge in [0.05, 0.1) is 5.60 Å². The van der Waals surface area contributed by atoms with Crippen LogP contribution in [0.25, 0.3) is 0 Å². The van der Waals surface area contributed by atoms with Gasteiger partial charge in [0.1, 0.15) is 0 Å². The van der Waals surface area contributed by atoms with Crippen molar-refractivity contribution in [3.8, 4) is 0 Å². The maximum atomic E-state index is 10.9. The zero-order chi connectivity index (χ0) is 13.7. The summed E-state index contributed by atoms with van der Waals surface area (Å²) in [7, 11) is -4.50. The average molecular weight is 267 g/mol. The Kier molecular flexibility index (Phi) is 3.40. The zero-order valence-electron chi connectivity index (χ0n) is 10.9. The molecule has 1 heterocycles. The number of rotatable bonds is 2. The van der Waals surface area contributed by atoms with Crippen molar-refractivity contribution in [1.29, 1.82) is 0 Å². The fourth-order valence-corrected chi connectivity index (χ4v) is 3.80. The van der Waals surface area contributed by atoms with Gasteiger partial charge in [0.2, 0.25) is 0 Å². The molecule has 0 saturated carbocycles. The van der Waals surface area contributed by atoms with Crippen LogP contribution >= 0.6 is 0 Å². The van der Waals surface area contributed by atoms with Crippen molar-refractivity contribution >= 4 is 10.4 Å². The zero-order valence-corrected chi connectivity index (χ0v) is 11.7. The van der Waals surface area contributed by atoms with Crippen LogP contribution in [0.15, 0.2) is 0 Å². The molecule has 0 bridgehead atoms. The van der Waals surface area contributed by atoms with Crippen LogP contribution in [0.5, 0.6) is 0 Å². The number of hydrogen-bond acceptors (Lipinski definition) is 5. The maximum absolute atomic E-state index is 10.9. The smallest absolute Gasteiger partial charge is 0.313 e. The van der Waals surface area contributed by atoms with E-state index in [1.807, 2.05) is 0 Å². The highest BCUT2D eigenvalue weighted by molar-refractivity contribution is 7.80. The molecule has 0 radical (unpaired) electrons. The van der Waals surface area contributed by atoms with Crippen LogP contribution < -0.4 is 0 Å². The maximum Gasteiger partial charge on any atom is 0.397 e. The van der Waals surface area contributed by atoms with Crippen LogP contribution in [0, 0.1) is 0 Å². The molecule has 0 aromatic heterocycles. The molecule has 0 aliphatic carbocycles. The summed E-state index contributed by atoms with van der Waals surface area (Å²) in [5.41, 5.74) is -2.30. The van der Waals surface area contributed by atoms with E-state index < -0.39 is 27.1 Å². The third-order valence-electron chi connectivity index (χ3n) is 3.07. The molecule has 0 amide bonds. The first-order chi connectivity index (χ1) is 7.28. The van der Waals surface area contributed by atoms with Gasteiger partial charge in [-0.25, -0.2) is 4.18 Å². The largest absolute Gasteiger partial charge is 0.397 e. The highest BCUT2D eigenvalue weighted by Gasteiger charge is 2.52. The minimum atomic E-state index is -4.50. The SMILES string of the molecule is CC1(OS(=O)(=O)O)CC(C)(C)N(O)C(C)(C)C1. The Labute approximate surface area is 102 Å². The third kappa shape index (κ3) is 3.38. The fourth-order valence-electron chi connectivity index (χ4n) is 3.18. The summed E-state index contributed by atoms with van der Waals surface area (Å²) >= 11 is 0. The molecular formula is C10H21NO5S. The van der Waals surface area contributed by atoms with Crippen LogP contribution in [-0.4, -0.2) is 39.9 Å². The molecule has 2 N–H and O–H groups in total. The van der Waals surface area contributed by atoms with Gasteiger partial charge in [-0.05, 0) is 47.5 Å². The number of nitrogens with zero attached hydrogens (tertiary/aromatic N) is 1. The minimum absolute atomic E-state index is 0.291. The highest BCUT2D eigenvalue weighted by atomic mass is 32.3. The summed E-state index contributed by atoms with van der Waals surface area (Å²) in [6, 6.07) is 0. The van der Waals surface area contributed by atoms with Crippen LogP contribution in [-0.2, 0) is 14.6 Å². The van der Waals surface area contributed by atoms with Crippen LogP contribution in [0.1, 0.15) is 47.5 Å². The molecular weight excluding hydrogens is 246 g/mol. The van der Waals surface area contributed by atoms with Crippen LogP contribution in [0.4, 0.5) is 0 Å². The van der Waals surface area contributed by atoms with Crippen molar-refractivity contribution in [2.24, 2.45) is 0 Å². The Morgan fingerprint density at radius 1 is 1.06 bits per heavy atom. The Bertz CT molecular complexity index is 383. The highest BCUT2D eigenvalue weighted by Crippen LogP contribution is 2.44. The summed E-state index contributed by atoms with van der Waals surface area (Å²) in [6.07, 6.45) is 0.583. The van der Waals surface area contributed by atoms with Gasteiger partial charge in [-0.2, -0.15) is 13.5 Å². The van der Waals surface area contributed by atoms with Crippen LogP contribution in [0.2, 0.25) is 0 Å². The first-order valence-corrected chi connectivity index (χ1v) is 6.81. The van der Waals surface area contributed by atoms with Crippen molar-refractivity contribution in [2.75, 3.05) is 0 Å². The second-order valence-corrected chi connectivity index (χ2v) is 7.27. The molecule has 0 aromatic carbocycles. The first-order valence-electron chi connectivity index (χ1n) is 5.45. The second-order valence-electron chi connectivity index (χ2n) is 6.25. The van der Waals surface area contributed by atoms with Gasteiger partial charge in [0.25, 0.3) is 0 Å². The van der Waals surface area contributed by atoms with Crippen molar-refractivity contribution in [3.05, 3.63) is 0 Å². The summed E-state index contributed by atoms with van der Waals surface area (Å²) < 4.78 is 35.3. The molecule has 0 aromatic rings. The number of hydroxylamine groups is 2. The van der Waals surface area contributed by atoms with E-state index >= 15 is 0 Å². The Balaban J connectivity index is 3.06. The van der Waals surface area contributed by atoms with E-state index in [9.17, 15) is 13.6 Å². The quantitative estimate of drug-likeness (QED) is 0.739. The summed E-state index contributed by atoms with van der Waals surface area (Å²) in [4.78, 5) is 0. The standard InChI is InChI=1S/C10H21NO5S/c1-8(2)6-10(5,16-17(13,14)15)7-9(3,4)11(8)12/h12H,6-7H2,1-5H3,(H,13,14,15). The topological polar surface area (TPSA) is 87.1 Å². The van der Waals surface area contributed by atoms with E-state index in [0.717, 1.165) is 0 Å².